The van der Waals surface area contributed by atoms with E-state index in [2.05, 4.69) is 0 Å². The van der Waals surface area contributed by atoms with Crippen molar-refractivity contribution in [1.82, 2.24) is 4.90 Å². The fraction of sp³-hybridized carbons (Fsp3) is 0.917. The minimum atomic E-state index is -4.43. The standard InChI is InChI=1S/C12H21F3N2O2/c1-11(2,3)19-10(18)17-6-4-5-8(17)7-9(16)12(13,14)15/h8-9H,4-7,16H2,1-3H3. The molecule has 0 saturated carbocycles. The lowest BCUT2D eigenvalue weighted by atomic mass is 10.1. The highest BCUT2D eigenvalue weighted by Gasteiger charge is 2.41. The highest BCUT2D eigenvalue weighted by atomic mass is 19.4. The summed E-state index contributed by atoms with van der Waals surface area (Å²) in [5.74, 6) is 0. The van der Waals surface area contributed by atoms with Crippen LogP contribution in [-0.4, -0.2) is 41.4 Å². The Kier molecular flexibility index (Phi) is 4.71. The minimum Gasteiger partial charge on any atom is -0.444 e. The van der Waals surface area contributed by atoms with Gasteiger partial charge in [-0.15, -0.1) is 0 Å². The van der Waals surface area contributed by atoms with Crippen LogP contribution in [0.1, 0.15) is 40.0 Å². The van der Waals surface area contributed by atoms with E-state index in [0.29, 0.717) is 19.4 Å². The molecule has 2 atom stereocenters. The molecule has 0 aliphatic carbocycles. The molecular formula is C12H21F3N2O2. The Labute approximate surface area is 111 Å². The number of amides is 1. The molecular weight excluding hydrogens is 261 g/mol. The molecule has 2 unspecified atom stereocenters. The number of nitrogens with two attached hydrogens (primary N) is 1. The van der Waals surface area contributed by atoms with Gasteiger partial charge in [0.1, 0.15) is 11.6 Å². The summed E-state index contributed by atoms with van der Waals surface area (Å²) in [6, 6.07) is -2.40. The lowest BCUT2D eigenvalue weighted by molar-refractivity contribution is -0.151. The van der Waals surface area contributed by atoms with E-state index < -0.39 is 30.0 Å². The highest BCUT2D eigenvalue weighted by molar-refractivity contribution is 5.68. The van der Waals surface area contributed by atoms with Crippen molar-refractivity contribution in [2.75, 3.05) is 6.54 Å². The Bertz CT molecular complexity index is 326. The number of likely N-dealkylation sites (tertiary alicyclic amines) is 1. The van der Waals surface area contributed by atoms with Crippen molar-refractivity contribution in [2.45, 2.75) is 63.9 Å². The number of hydrogen-bond donors (Lipinski definition) is 1. The van der Waals surface area contributed by atoms with Gasteiger partial charge in [-0.25, -0.2) is 4.79 Å². The minimum absolute atomic E-state index is 0.275. The van der Waals surface area contributed by atoms with E-state index in [1.165, 1.54) is 4.90 Å². The molecule has 1 aliphatic rings. The van der Waals surface area contributed by atoms with Gasteiger partial charge in [0.15, 0.2) is 0 Å². The highest BCUT2D eigenvalue weighted by Crippen LogP contribution is 2.28. The maximum Gasteiger partial charge on any atom is 0.410 e. The summed E-state index contributed by atoms with van der Waals surface area (Å²) < 4.78 is 42.5. The summed E-state index contributed by atoms with van der Waals surface area (Å²) in [5, 5.41) is 0. The average Bonchev–Trinajstić information content (AvgIpc) is 2.61. The molecule has 19 heavy (non-hydrogen) atoms. The third-order valence-electron chi connectivity index (χ3n) is 2.95. The summed E-state index contributed by atoms with van der Waals surface area (Å²) in [4.78, 5) is 13.2. The third-order valence-corrected chi connectivity index (χ3v) is 2.95. The lowest BCUT2D eigenvalue weighted by Gasteiger charge is -2.30. The summed E-state index contributed by atoms with van der Waals surface area (Å²) in [6.45, 7) is 5.58. The lowest BCUT2D eigenvalue weighted by Crippen LogP contribution is -2.46. The number of rotatable bonds is 2. The Morgan fingerprint density at radius 1 is 1.42 bits per heavy atom. The molecule has 1 fully saturated rings. The van der Waals surface area contributed by atoms with Gasteiger partial charge in [-0.1, -0.05) is 0 Å². The van der Waals surface area contributed by atoms with Crippen molar-refractivity contribution >= 4 is 6.09 Å². The zero-order chi connectivity index (χ0) is 14.8. The van der Waals surface area contributed by atoms with Crippen molar-refractivity contribution in [3.63, 3.8) is 0 Å². The summed E-state index contributed by atoms with van der Waals surface area (Å²) in [7, 11) is 0. The van der Waals surface area contributed by atoms with Crippen LogP contribution in [0.15, 0.2) is 0 Å². The predicted molar refractivity (Wildman–Crippen MR) is 64.6 cm³/mol. The van der Waals surface area contributed by atoms with Gasteiger partial charge in [0.2, 0.25) is 0 Å². The van der Waals surface area contributed by atoms with Crippen LogP contribution in [0.2, 0.25) is 0 Å². The van der Waals surface area contributed by atoms with Crippen LogP contribution in [0.3, 0.4) is 0 Å². The van der Waals surface area contributed by atoms with Crippen LogP contribution in [0.5, 0.6) is 0 Å². The fourth-order valence-electron chi connectivity index (χ4n) is 2.07. The van der Waals surface area contributed by atoms with Crippen LogP contribution < -0.4 is 5.73 Å². The van der Waals surface area contributed by atoms with Crippen molar-refractivity contribution in [2.24, 2.45) is 5.73 Å². The number of hydrogen-bond acceptors (Lipinski definition) is 3. The topological polar surface area (TPSA) is 55.6 Å². The Hall–Kier alpha value is -0.980. The number of carbonyl (C=O) groups excluding carboxylic acids is 1. The van der Waals surface area contributed by atoms with Gasteiger partial charge in [0.25, 0.3) is 0 Å². The number of halogens is 3. The van der Waals surface area contributed by atoms with Crippen molar-refractivity contribution < 1.29 is 22.7 Å². The Balaban J connectivity index is 2.62. The normalized spacial score (nSPS) is 22.5. The van der Waals surface area contributed by atoms with Gasteiger partial charge in [-0.2, -0.15) is 13.2 Å². The monoisotopic (exact) mass is 282 g/mol. The average molecular weight is 282 g/mol. The van der Waals surface area contributed by atoms with Gasteiger partial charge in [0, 0.05) is 12.6 Å². The number of alkyl halides is 3. The van der Waals surface area contributed by atoms with Crippen LogP contribution >= 0.6 is 0 Å². The first-order valence-electron chi connectivity index (χ1n) is 6.32. The summed E-state index contributed by atoms with van der Waals surface area (Å²) >= 11 is 0. The molecule has 0 radical (unpaired) electrons. The van der Waals surface area contributed by atoms with Crippen molar-refractivity contribution in [1.29, 1.82) is 0 Å². The van der Waals surface area contributed by atoms with Crippen LogP contribution in [-0.2, 0) is 4.74 Å². The SMILES string of the molecule is CC(C)(C)OC(=O)N1CCCC1CC(N)C(F)(F)F. The van der Waals surface area contributed by atoms with E-state index in [4.69, 9.17) is 10.5 Å². The molecule has 2 N–H and O–H groups in total. The van der Waals surface area contributed by atoms with E-state index in [-0.39, 0.29) is 6.42 Å². The molecule has 0 aromatic rings. The van der Waals surface area contributed by atoms with E-state index in [1.807, 2.05) is 0 Å². The van der Waals surface area contributed by atoms with E-state index >= 15 is 0 Å². The first-order valence-corrected chi connectivity index (χ1v) is 6.32. The molecule has 112 valence electrons. The van der Waals surface area contributed by atoms with Crippen LogP contribution in [0.4, 0.5) is 18.0 Å². The second-order valence-corrected chi connectivity index (χ2v) is 5.85. The van der Waals surface area contributed by atoms with Gasteiger partial charge < -0.3 is 15.4 Å². The molecule has 1 aliphatic heterocycles. The Morgan fingerprint density at radius 2 is 2.00 bits per heavy atom. The first kappa shape index (κ1) is 16.1. The molecule has 0 aromatic carbocycles. The molecule has 1 heterocycles. The molecule has 0 spiro atoms. The van der Waals surface area contributed by atoms with Crippen LogP contribution in [0.25, 0.3) is 0 Å². The summed E-state index contributed by atoms with van der Waals surface area (Å²) in [5.41, 5.74) is 4.46. The second kappa shape index (κ2) is 5.56. The molecule has 0 bridgehead atoms. The molecule has 1 rings (SSSR count). The molecule has 4 nitrogen and oxygen atoms in total. The van der Waals surface area contributed by atoms with Gasteiger partial charge in [-0.3, -0.25) is 0 Å². The molecule has 1 amide bonds. The zero-order valence-electron chi connectivity index (χ0n) is 11.5. The maximum absolute atomic E-state index is 12.4. The quantitative estimate of drug-likeness (QED) is 0.847. The summed E-state index contributed by atoms with van der Waals surface area (Å²) in [6.07, 6.45) is -4.06. The Morgan fingerprint density at radius 3 is 2.47 bits per heavy atom. The van der Waals surface area contributed by atoms with Gasteiger partial charge in [-0.05, 0) is 40.0 Å². The predicted octanol–water partition coefficient (Wildman–Crippen LogP) is 2.67. The number of carbonyl (C=O) groups is 1. The van der Waals surface area contributed by atoms with E-state index in [0.717, 1.165) is 0 Å². The van der Waals surface area contributed by atoms with E-state index in [1.54, 1.807) is 20.8 Å². The van der Waals surface area contributed by atoms with Crippen LogP contribution in [0, 0.1) is 0 Å². The smallest absolute Gasteiger partial charge is 0.410 e. The van der Waals surface area contributed by atoms with Crippen molar-refractivity contribution in [3.8, 4) is 0 Å². The maximum atomic E-state index is 12.4. The largest absolute Gasteiger partial charge is 0.444 e. The third kappa shape index (κ3) is 4.89. The number of nitrogens with zero attached hydrogens (tertiary/aromatic N) is 1. The van der Waals surface area contributed by atoms with Crippen molar-refractivity contribution in [3.05, 3.63) is 0 Å². The van der Waals surface area contributed by atoms with E-state index in [9.17, 15) is 18.0 Å². The zero-order valence-corrected chi connectivity index (χ0v) is 11.5. The van der Waals surface area contributed by atoms with Gasteiger partial charge >= 0.3 is 12.3 Å². The van der Waals surface area contributed by atoms with Gasteiger partial charge in [0.05, 0.1) is 0 Å². The number of ether oxygens (including phenoxy) is 1. The fourth-order valence-corrected chi connectivity index (χ4v) is 2.07. The first-order chi connectivity index (χ1) is 8.50. The second-order valence-electron chi connectivity index (χ2n) is 5.85. The molecule has 0 aromatic heterocycles. The molecule has 7 heteroatoms. The molecule has 1 saturated heterocycles.